The molecule has 3 heteroatoms. The summed E-state index contributed by atoms with van der Waals surface area (Å²) in [7, 11) is 0. The molecule has 1 fully saturated rings. The molecular formula is C14H21NO2. The number of aliphatic hydroxyl groups excluding tert-OH is 1. The molecule has 1 aliphatic carbocycles. The molecule has 0 unspecified atom stereocenters. The van der Waals surface area contributed by atoms with Gasteiger partial charge in [0.15, 0.2) is 0 Å². The van der Waals surface area contributed by atoms with Gasteiger partial charge in [-0.25, -0.2) is 0 Å². The van der Waals surface area contributed by atoms with E-state index in [1.165, 1.54) is 12.8 Å². The van der Waals surface area contributed by atoms with Crippen molar-refractivity contribution in [2.24, 2.45) is 5.73 Å². The van der Waals surface area contributed by atoms with Gasteiger partial charge in [-0.15, -0.1) is 0 Å². The zero-order valence-electron chi connectivity index (χ0n) is 10.2. The number of hydrogen-bond acceptors (Lipinski definition) is 3. The molecule has 0 amide bonds. The molecular weight excluding hydrogens is 214 g/mol. The fourth-order valence-corrected chi connectivity index (χ4v) is 2.40. The van der Waals surface area contributed by atoms with Crippen LogP contribution in [0.1, 0.15) is 36.8 Å². The summed E-state index contributed by atoms with van der Waals surface area (Å²) in [6, 6.07) is 7.88. The highest BCUT2D eigenvalue weighted by Crippen LogP contribution is 2.33. The summed E-state index contributed by atoms with van der Waals surface area (Å²) in [6.07, 6.45) is 4.61. The Balaban J connectivity index is 1.92. The quantitative estimate of drug-likeness (QED) is 0.820. The van der Waals surface area contributed by atoms with Gasteiger partial charge in [0, 0.05) is 6.54 Å². The van der Waals surface area contributed by atoms with Gasteiger partial charge in [0.05, 0.1) is 18.8 Å². The highest BCUT2D eigenvalue weighted by molar-refractivity contribution is 5.21. The Morgan fingerprint density at radius 1 is 1.12 bits per heavy atom. The number of benzene rings is 1. The van der Waals surface area contributed by atoms with Gasteiger partial charge < -0.3 is 15.6 Å². The maximum Gasteiger partial charge on any atom is 0.0808 e. The standard InChI is InChI=1S/C14H21NO2/c15-11-14(7-1-2-8-14)17-10-13-5-3-12(9-16)4-6-13/h3-6,16H,1-2,7-11,15H2. The molecule has 1 aromatic carbocycles. The summed E-state index contributed by atoms with van der Waals surface area (Å²) in [4.78, 5) is 0. The van der Waals surface area contributed by atoms with E-state index in [9.17, 15) is 0 Å². The van der Waals surface area contributed by atoms with Crippen molar-refractivity contribution < 1.29 is 9.84 Å². The van der Waals surface area contributed by atoms with Gasteiger partial charge in [0.2, 0.25) is 0 Å². The van der Waals surface area contributed by atoms with E-state index in [4.69, 9.17) is 15.6 Å². The van der Waals surface area contributed by atoms with Gasteiger partial charge in [-0.05, 0) is 24.0 Å². The van der Waals surface area contributed by atoms with Gasteiger partial charge >= 0.3 is 0 Å². The van der Waals surface area contributed by atoms with E-state index in [0.29, 0.717) is 13.2 Å². The molecule has 0 bridgehead atoms. The summed E-state index contributed by atoms with van der Waals surface area (Å²) in [5, 5.41) is 8.96. The molecule has 2 rings (SSSR count). The van der Waals surface area contributed by atoms with Crippen LogP contribution >= 0.6 is 0 Å². The topological polar surface area (TPSA) is 55.5 Å². The molecule has 3 N–H and O–H groups in total. The molecule has 0 aliphatic heterocycles. The van der Waals surface area contributed by atoms with Crippen LogP contribution in [0.2, 0.25) is 0 Å². The monoisotopic (exact) mass is 235 g/mol. The molecule has 1 aromatic rings. The summed E-state index contributed by atoms with van der Waals surface area (Å²) in [5.41, 5.74) is 7.81. The molecule has 0 heterocycles. The lowest BCUT2D eigenvalue weighted by Gasteiger charge is -2.27. The number of nitrogens with two attached hydrogens (primary N) is 1. The van der Waals surface area contributed by atoms with E-state index < -0.39 is 0 Å². The van der Waals surface area contributed by atoms with Crippen molar-refractivity contribution >= 4 is 0 Å². The third kappa shape index (κ3) is 3.06. The predicted molar refractivity (Wildman–Crippen MR) is 67.4 cm³/mol. The second-order valence-corrected chi connectivity index (χ2v) is 4.86. The normalized spacial score (nSPS) is 18.5. The Bertz CT molecular complexity index is 342. The van der Waals surface area contributed by atoms with Gasteiger partial charge in [0.1, 0.15) is 0 Å². The zero-order chi connectivity index (χ0) is 12.1. The maximum atomic E-state index is 8.96. The molecule has 0 spiro atoms. The third-order valence-corrected chi connectivity index (χ3v) is 3.64. The molecule has 1 aliphatic rings. The van der Waals surface area contributed by atoms with Crippen molar-refractivity contribution in [1.29, 1.82) is 0 Å². The van der Waals surface area contributed by atoms with E-state index in [1.807, 2.05) is 24.3 Å². The SMILES string of the molecule is NCC1(OCc2ccc(CO)cc2)CCCC1. The van der Waals surface area contributed by atoms with Gasteiger partial charge in [-0.2, -0.15) is 0 Å². The van der Waals surface area contributed by atoms with Crippen LogP contribution in [-0.2, 0) is 18.0 Å². The predicted octanol–water partition coefficient (Wildman–Crippen LogP) is 1.97. The highest BCUT2D eigenvalue weighted by atomic mass is 16.5. The van der Waals surface area contributed by atoms with Crippen LogP contribution in [-0.4, -0.2) is 17.3 Å². The fraction of sp³-hybridized carbons (Fsp3) is 0.571. The zero-order valence-corrected chi connectivity index (χ0v) is 10.2. The number of aliphatic hydroxyl groups is 1. The minimum atomic E-state index is -0.0876. The minimum Gasteiger partial charge on any atom is -0.392 e. The van der Waals surface area contributed by atoms with Crippen molar-refractivity contribution in [2.45, 2.75) is 44.5 Å². The van der Waals surface area contributed by atoms with Crippen LogP contribution < -0.4 is 5.73 Å². The third-order valence-electron chi connectivity index (χ3n) is 3.64. The lowest BCUT2D eigenvalue weighted by molar-refractivity contribution is -0.0448. The summed E-state index contributed by atoms with van der Waals surface area (Å²) in [6.45, 7) is 1.32. The first-order valence-corrected chi connectivity index (χ1v) is 6.31. The largest absolute Gasteiger partial charge is 0.392 e. The fourth-order valence-electron chi connectivity index (χ4n) is 2.40. The van der Waals surface area contributed by atoms with Crippen LogP contribution in [0.15, 0.2) is 24.3 Å². The van der Waals surface area contributed by atoms with E-state index >= 15 is 0 Å². The van der Waals surface area contributed by atoms with Crippen LogP contribution in [0.5, 0.6) is 0 Å². The van der Waals surface area contributed by atoms with E-state index in [-0.39, 0.29) is 12.2 Å². The van der Waals surface area contributed by atoms with Crippen molar-refractivity contribution in [3.05, 3.63) is 35.4 Å². The molecule has 0 atom stereocenters. The van der Waals surface area contributed by atoms with E-state index in [1.54, 1.807) is 0 Å². The number of ether oxygens (including phenoxy) is 1. The van der Waals surface area contributed by atoms with Gasteiger partial charge in [0.25, 0.3) is 0 Å². The average molecular weight is 235 g/mol. The smallest absolute Gasteiger partial charge is 0.0808 e. The number of hydrogen-bond donors (Lipinski definition) is 2. The first-order valence-electron chi connectivity index (χ1n) is 6.31. The second kappa shape index (κ2) is 5.63. The van der Waals surface area contributed by atoms with E-state index in [2.05, 4.69) is 0 Å². The molecule has 0 radical (unpaired) electrons. The molecule has 1 saturated carbocycles. The molecule has 17 heavy (non-hydrogen) atoms. The highest BCUT2D eigenvalue weighted by Gasteiger charge is 2.33. The Morgan fingerprint density at radius 2 is 1.71 bits per heavy atom. The van der Waals surface area contributed by atoms with Gasteiger partial charge in [-0.3, -0.25) is 0 Å². The Morgan fingerprint density at radius 3 is 2.24 bits per heavy atom. The molecule has 3 nitrogen and oxygen atoms in total. The maximum absolute atomic E-state index is 8.96. The van der Waals surface area contributed by atoms with Crippen molar-refractivity contribution in [2.75, 3.05) is 6.54 Å². The van der Waals surface area contributed by atoms with Gasteiger partial charge in [-0.1, -0.05) is 37.1 Å². The lowest BCUT2D eigenvalue weighted by atomic mass is 10.0. The van der Waals surface area contributed by atoms with Crippen molar-refractivity contribution in [3.8, 4) is 0 Å². The molecule has 0 saturated heterocycles. The molecule has 94 valence electrons. The lowest BCUT2D eigenvalue weighted by Crippen LogP contribution is -2.37. The average Bonchev–Trinajstić information content (AvgIpc) is 2.86. The van der Waals surface area contributed by atoms with Crippen molar-refractivity contribution in [1.82, 2.24) is 0 Å². The summed E-state index contributed by atoms with van der Waals surface area (Å²) >= 11 is 0. The Kier molecular flexibility index (Phi) is 4.15. The van der Waals surface area contributed by atoms with Crippen LogP contribution in [0.25, 0.3) is 0 Å². The Labute approximate surface area is 103 Å². The Hall–Kier alpha value is -0.900. The summed E-state index contributed by atoms with van der Waals surface area (Å²) in [5.74, 6) is 0. The molecule has 0 aromatic heterocycles. The number of rotatable bonds is 5. The van der Waals surface area contributed by atoms with Crippen LogP contribution in [0.4, 0.5) is 0 Å². The van der Waals surface area contributed by atoms with Crippen LogP contribution in [0.3, 0.4) is 0 Å². The first-order chi connectivity index (χ1) is 8.28. The van der Waals surface area contributed by atoms with E-state index in [0.717, 1.165) is 24.0 Å². The second-order valence-electron chi connectivity index (χ2n) is 4.86. The minimum absolute atomic E-state index is 0.0876. The first kappa shape index (κ1) is 12.6. The van der Waals surface area contributed by atoms with Crippen molar-refractivity contribution in [3.63, 3.8) is 0 Å². The van der Waals surface area contributed by atoms with Crippen LogP contribution in [0, 0.1) is 0 Å². The summed E-state index contributed by atoms with van der Waals surface area (Å²) < 4.78 is 6.01.